The summed E-state index contributed by atoms with van der Waals surface area (Å²) >= 11 is 0. The normalized spacial score (nSPS) is 16.2. The molecule has 3 amide bonds. The van der Waals surface area contributed by atoms with Crippen LogP contribution in [0.1, 0.15) is 27.6 Å². The third kappa shape index (κ3) is 6.17. The van der Waals surface area contributed by atoms with E-state index in [1.807, 2.05) is 0 Å². The molecule has 0 aromatic heterocycles. The molecule has 5 rings (SSSR count). The van der Waals surface area contributed by atoms with Crippen molar-refractivity contribution < 1.29 is 32.6 Å². The van der Waals surface area contributed by atoms with Crippen molar-refractivity contribution in [2.24, 2.45) is 0 Å². The lowest BCUT2D eigenvalue weighted by Crippen LogP contribution is -2.43. The lowest BCUT2D eigenvalue weighted by Gasteiger charge is -2.24. The molecular formula is C31H25F2N3O5. The van der Waals surface area contributed by atoms with Gasteiger partial charge >= 0.3 is 6.09 Å². The van der Waals surface area contributed by atoms with Gasteiger partial charge in [-0.1, -0.05) is 36.4 Å². The van der Waals surface area contributed by atoms with Crippen LogP contribution in [0.4, 0.5) is 25.0 Å². The molecule has 0 spiro atoms. The number of ether oxygens (including phenoxy) is 2. The number of para-hydroxylation sites is 1. The maximum Gasteiger partial charge on any atom is 0.411 e. The molecule has 1 aliphatic heterocycles. The summed E-state index contributed by atoms with van der Waals surface area (Å²) in [6.45, 7) is -0.00975. The number of hydrogen-bond donors (Lipinski definition) is 2. The molecule has 1 heterocycles. The maximum absolute atomic E-state index is 13.5. The zero-order valence-electron chi connectivity index (χ0n) is 21.8. The predicted octanol–water partition coefficient (Wildman–Crippen LogP) is 5.93. The van der Waals surface area contributed by atoms with Gasteiger partial charge < -0.3 is 20.1 Å². The van der Waals surface area contributed by atoms with Crippen LogP contribution in [0, 0.1) is 11.6 Å². The Morgan fingerprint density at radius 1 is 0.829 bits per heavy atom. The van der Waals surface area contributed by atoms with Gasteiger partial charge in [0.1, 0.15) is 17.4 Å². The lowest BCUT2D eigenvalue weighted by molar-refractivity contribution is -0.121. The quantitative estimate of drug-likeness (QED) is 0.280. The van der Waals surface area contributed by atoms with Crippen molar-refractivity contribution in [1.82, 2.24) is 4.90 Å². The predicted molar refractivity (Wildman–Crippen MR) is 147 cm³/mol. The third-order valence-electron chi connectivity index (χ3n) is 6.58. The smallest absolute Gasteiger partial charge is 0.411 e. The van der Waals surface area contributed by atoms with Crippen LogP contribution >= 0.6 is 0 Å². The van der Waals surface area contributed by atoms with Crippen molar-refractivity contribution in [3.8, 4) is 5.75 Å². The number of rotatable bonds is 8. The number of halogens is 2. The molecule has 2 atom stereocenters. The Morgan fingerprint density at radius 3 is 2.07 bits per heavy atom. The minimum Gasteiger partial charge on any atom is -0.496 e. The molecule has 1 aliphatic rings. The Bertz CT molecular complexity index is 1560. The first-order chi connectivity index (χ1) is 19.8. The Labute approximate surface area is 234 Å². The van der Waals surface area contributed by atoms with Crippen LogP contribution in [0.15, 0.2) is 97.1 Å². The Balaban J connectivity index is 1.39. The highest BCUT2D eigenvalue weighted by Gasteiger charge is 2.47. The van der Waals surface area contributed by atoms with E-state index >= 15 is 0 Å². The molecule has 208 valence electrons. The van der Waals surface area contributed by atoms with E-state index in [9.17, 15) is 23.2 Å². The number of benzene rings is 4. The van der Waals surface area contributed by atoms with E-state index in [0.717, 1.165) is 0 Å². The number of amides is 3. The highest BCUT2D eigenvalue weighted by molar-refractivity contribution is 6.06. The molecule has 8 nitrogen and oxygen atoms in total. The fraction of sp³-hybridized carbons (Fsp3) is 0.129. The molecule has 41 heavy (non-hydrogen) atoms. The van der Waals surface area contributed by atoms with Crippen molar-refractivity contribution >= 4 is 29.3 Å². The number of nitrogens with zero attached hydrogens (tertiary/aromatic N) is 1. The van der Waals surface area contributed by atoms with E-state index in [-0.39, 0.29) is 12.5 Å². The molecule has 2 N–H and O–H groups in total. The minimum atomic E-state index is -1.10. The summed E-state index contributed by atoms with van der Waals surface area (Å²) in [5.41, 5.74) is 2.28. The molecule has 10 heteroatoms. The number of nitrogens with one attached hydrogen (secondary N) is 2. The minimum absolute atomic E-state index is 0.00975. The average Bonchev–Trinajstić information content (AvgIpc) is 3.31. The van der Waals surface area contributed by atoms with Crippen LogP contribution in [-0.4, -0.2) is 36.0 Å². The van der Waals surface area contributed by atoms with Crippen LogP contribution in [0.2, 0.25) is 0 Å². The summed E-state index contributed by atoms with van der Waals surface area (Å²) in [5, 5.41) is 5.51. The third-order valence-corrected chi connectivity index (χ3v) is 6.58. The van der Waals surface area contributed by atoms with Crippen LogP contribution in [-0.2, 0) is 16.1 Å². The zero-order chi connectivity index (χ0) is 28.9. The van der Waals surface area contributed by atoms with E-state index in [2.05, 4.69) is 10.6 Å². The molecule has 0 aliphatic carbocycles. The number of cyclic esters (lactones) is 1. The van der Waals surface area contributed by atoms with Gasteiger partial charge in [0.2, 0.25) is 0 Å². The fourth-order valence-corrected chi connectivity index (χ4v) is 4.53. The van der Waals surface area contributed by atoms with Crippen LogP contribution in [0.5, 0.6) is 5.75 Å². The second kappa shape index (κ2) is 11.9. The summed E-state index contributed by atoms with van der Waals surface area (Å²) in [5.74, 6) is -1.39. The molecule has 4 aromatic rings. The number of carbonyl (C=O) groups excluding carboxylic acids is 3. The molecule has 4 aromatic carbocycles. The van der Waals surface area contributed by atoms with Gasteiger partial charge in [0.15, 0.2) is 12.1 Å². The first-order valence-corrected chi connectivity index (χ1v) is 12.6. The first-order valence-electron chi connectivity index (χ1n) is 12.6. The topological polar surface area (TPSA) is 97.0 Å². The van der Waals surface area contributed by atoms with Gasteiger partial charge in [0, 0.05) is 11.4 Å². The summed E-state index contributed by atoms with van der Waals surface area (Å²) in [6, 6.07) is 23.1. The van der Waals surface area contributed by atoms with Gasteiger partial charge in [0.05, 0.1) is 19.2 Å². The van der Waals surface area contributed by atoms with E-state index in [1.54, 1.807) is 48.5 Å². The summed E-state index contributed by atoms with van der Waals surface area (Å²) in [4.78, 5) is 40.6. The standard InChI is InChI=1S/C31H25F2N3O5/c1-40-26-5-3-2-4-25(26)29(37)34-23-14-8-20(9-15-23)28-27(30(38)35-24-16-12-22(33)13-17-24)36(31(39)41-28)18-19-6-10-21(32)11-7-19/h2-17,27-28H,18H2,1H3,(H,34,37)(H,35,38). The van der Waals surface area contributed by atoms with Crippen LogP contribution in [0.25, 0.3) is 0 Å². The summed E-state index contributed by atoms with van der Waals surface area (Å²) in [6.07, 6.45) is -1.73. The van der Waals surface area contributed by atoms with Crippen molar-refractivity contribution in [1.29, 1.82) is 0 Å². The molecular weight excluding hydrogens is 532 g/mol. The SMILES string of the molecule is COc1ccccc1C(=O)Nc1ccc(C2OC(=O)N(Cc3ccc(F)cc3)C2C(=O)Nc2ccc(F)cc2)cc1. The molecule has 0 radical (unpaired) electrons. The number of hydrogen-bond acceptors (Lipinski definition) is 5. The van der Waals surface area contributed by atoms with E-state index in [1.165, 1.54) is 60.5 Å². The highest BCUT2D eigenvalue weighted by atomic mass is 19.1. The van der Waals surface area contributed by atoms with Crippen LogP contribution < -0.4 is 15.4 Å². The van der Waals surface area contributed by atoms with Gasteiger partial charge in [-0.2, -0.15) is 0 Å². The Kier molecular flexibility index (Phi) is 7.91. The van der Waals surface area contributed by atoms with Crippen molar-refractivity contribution in [3.63, 3.8) is 0 Å². The van der Waals surface area contributed by atoms with Crippen molar-refractivity contribution in [3.05, 3.63) is 125 Å². The summed E-state index contributed by atoms with van der Waals surface area (Å²) < 4.78 is 37.8. The number of methoxy groups -OCH3 is 1. The van der Waals surface area contributed by atoms with Crippen molar-refractivity contribution in [2.75, 3.05) is 17.7 Å². The van der Waals surface area contributed by atoms with Gasteiger partial charge in [-0.3, -0.25) is 14.5 Å². The maximum atomic E-state index is 13.5. The van der Waals surface area contributed by atoms with E-state index < -0.39 is 35.8 Å². The van der Waals surface area contributed by atoms with E-state index in [0.29, 0.717) is 33.8 Å². The largest absolute Gasteiger partial charge is 0.496 e. The van der Waals surface area contributed by atoms with Gasteiger partial charge in [-0.05, 0) is 71.8 Å². The monoisotopic (exact) mass is 557 g/mol. The lowest BCUT2D eigenvalue weighted by atomic mass is 10.00. The molecule has 1 fully saturated rings. The zero-order valence-corrected chi connectivity index (χ0v) is 21.8. The van der Waals surface area contributed by atoms with Crippen LogP contribution in [0.3, 0.4) is 0 Å². The molecule has 2 unspecified atom stereocenters. The average molecular weight is 558 g/mol. The number of anilines is 2. The second-order valence-corrected chi connectivity index (χ2v) is 9.28. The number of carbonyl (C=O) groups is 3. The molecule has 0 saturated carbocycles. The van der Waals surface area contributed by atoms with Gasteiger partial charge in [0.25, 0.3) is 11.8 Å². The first kappa shape index (κ1) is 27.3. The van der Waals surface area contributed by atoms with Crippen molar-refractivity contribution in [2.45, 2.75) is 18.7 Å². The molecule has 1 saturated heterocycles. The summed E-state index contributed by atoms with van der Waals surface area (Å²) in [7, 11) is 1.48. The highest BCUT2D eigenvalue weighted by Crippen LogP contribution is 2.35. The molecule has 0 bridgehead atoms. The Hall–Kier alpha value is -5.25. The van der Waals surface area contributed by atoms with Gasteiger partial charge in [-0.15, -0.1) is 0 Å². The fourth-order valence-electron chi connectivity index (χ4n) is 4.53. The van der Waals surface area contributed by atoms with Gasteiger partial charge in [-0.25, -0.2) is 13.6 Å². The van der Waals surface area contributed by atoms with E-state index in [4.69, 9.17) is 9.47 Å². The Morgan fingerprint density at radius 2 is 1.41 bits per heavy atom. The second-order valence-electron chi connectivity index (χ2n) is 9.28.